The minimum Gasteiger partial charge on any atom is -0.493 e. The molecule has 0 saturated heterocycles. The van der Waals surface area contributed by atoms with Crippen LogP contribution in [0, 0.1) is 0 Å². The third-order valence-corrected chi connectivity index (χ3v) is 3.60. The van der Waals surface area contributed by atoms with E-state index in [0.717, 1.165) is 5.56 Å². The molecule has 0 aromatic heterocycles. The van der Waals surface area contributed by atoms with E-state index in [9.17, 15) is 4.79 Å². The highest BCUT2D eigenvalue weighted by Crippen LogP contribution is 2.31. The number of amides is 1. The van der Waals surface area contributed by atoms with Gasteiger partial charge in [0, 0.05) is 5.69 Å². The van der Waals surface area contributed by atoms with Crippen molar-refractivity contribution in [2.24, 2.45) is 0 Å². The van der Waals surface area contributed by atoms with E-state index in [1.54, 1.807) is 31.4 Å². The van der Waals surface area contributed by atoms with Gasteiger partial charge in [-0.15, -0.1) is 0 Å². The smallest absolute Gasteiger partial charge is 0.253 e. The Bertz CT molecular complexity index is 714. The Labute approximate surface area is 142 Å². The van der Waals surface area contributed by atoms with Gasteiger partial charge in [0.25, 0.3) is 5.91 Å². The average molecular weight is 328 g/mol. The summed E-state index contributed by atoms with van der Waals surface area (Å²) in [6, 6.07) is 12.5. The Morgan fingerprint density at radius 3 is 2.42 bits per heavy atom. The van der Waals surface area contributed by atoms with Gasteiger partial charge in [-0.1, -0.05) is 18.2 Å². The lowest BCUT2D eigenvalue weighted by atomic mass is 10.1. The average Bonchev–Trinajstić information content (AvgIpc) is 2.54. The second-order valence-corrected chi connectivity index (χ2v) is 5.86. The number of nitrogens with one attached hydrogen (secondary N) is 1. The number of para-hydroxylation sites is 1. The van der Waals surface area contributed by atoms with Crippen molar-refractivity contribution in [2.75, 3.05) is 12.8 Å². The first-order chi connectivity index (χ1) is 11.4. The van der Waals surface area contributed by atoms with E-state index in [2.05, 4.69) is 5.32 Å². The number of carbonyl (C=O) groups excluding carboxylic acids is 1. The molecule has 24 heavy (non-hydrogen) atoms. The normalized spacial score (nSPS) is 11.9. The predicted molar refractivity (Wildman–Crippen MR) is 95.5 cm³/mol. The number of hydrogen-bond acceptors (Lipinski definition) is 4. The summed E-state index contributed by atoms with van der Waals surface area (Å²) in [4.78, 5) is 12.4. The van der Waals surface area contributed by atoms with Gasteiger partial charge in [0.2, 0.25) is 0 Å². The number of hydrogen-bond donors (Lipinski definition) is 2. The van der Waals surface area contributed by atoms with Crippen LogP contribution in [-0.4, -0.2) is 19.1 Å². The fraction of sp³-hybridized carbons (Fsp3) is 0.316. The first-order valence-electron chi connectivity index (χ1n) is 7.92. The van der Waals surface area contributed by atoms with Gasteiger partial charge in [0.15, 0.2) is 11.5 Å². The molecular weight excluding hydrogens is 304 g/mol. The molecule has 0 saturated carbocycles. The number of nitrogens with two attached hydrogens (primary N) is 1. The zero-order valence-corrected chi connectivity index (χ0v) is 14.5. The Balaban J connectivity index is 2.16. The largest absolute Gasteiger partial charge is 0.493 e. The summed E-state index contributed by atoms with van der Waals surface area (Å²) in [5.74, 6) is 1.12. The molecule has 2 aromatic carbocycles. The van der Waals surface area contributed by atoms with Crippen molar-refractivity contribution in [3.8, 4) is 11.5 Å². The van der Waals surface area contributed by atoms with Gasteiger partial charge in [-0.2, -0.15) is 0 Å². The zero-order chi connectivity index (χ0) is 17.7. The van der Waals surface area contributed by atoms with Gasteiger partial charge >= 0.3 is 0 Å². The molecule has 0 bridgehead atoms. The molecule has 2 rings (SSSR count). The monoisotopic (exact) mass is 328 g/mol. The van der Waals surface area contributed by atoms with Gasteiger partial charge in [-0.3, -0.25) is 4.79 Å². The van der Waals surface area contributed by atoms with Crippen molar-refractivity contribution >= 4 is 11.6 Å². The molecule has 0 aliphatic rings. The van der Waals surface area contributed by atoms with E-state index < -0.39 is 0 Å². The van der Waals surface area contributed by atoms with Crippen LogP contribution in [0.1, 0.15) is 42.7 Å². The predicted octanol–water partition coefficient (Wildman–Crippen LogP) is 3.56. The molecule has 128 valence electrons. The van der Waals surface area contributed by atoms with Crippen molar-refractivity contribution in [1.29, 1.82) is 0 Å². The van der Waals surface area contributed by atoms with Gasteiger partial charge < -0.3 is 20.5 Å². The standard InChI is InChI=1S/C19H24N2O3/c1-12(2)24-17-10-9-14(11-18(17)23-4)13(3)21-19(22)15-7-5-6-8-16(15)20/h5-13H,20H2,1-4H3,(H,21,22). The number of rotatable bonds is 6. The molecule has 0 aliphatic heterocycles. The molecule has 1 amide bonds. The van der Waals surface area contributed by atoms with Crippen molar-refractivity contribution in [3.63, 3.8) is 0 Å². The van der Waals surface area contributed by atoms with Crippen LogP contribution in [0.5, 0.6) is 11.5 Å². The minimum atomic E-state index is -0.206. The van der Waals surface area contributed by atoms with Gasteiger partial charge in [0.1, 0.15) is 0 Å². The lowest BCUT2D eigenvalue weighted by molar-refractivity contribution is 0.0940. The molecule has 0 fully saturated rings. The van der Waals surface area contributed by atoms with E-state index in [1.807, 2.05) is 39.0 Å². The molecule has 0 aliphatic carbocycles. The molecule has 3 N–H and O–H groups in total. The van der Waals surface area contributed by atoms with Gasteiger partial charge in [-0.25, -0.2) is 0 Å². The molecule has 5 heteroatoms. The number of ether oxygens (including phenoxy) is 2. The molecule has 2 aromatic rings. The van der Waals surface area contributed by atoms with E-state index >= 15 is 0 Å². The summed E-state index contributed by atoms with van der Waals surface area (Å²) in [6.45, 7) is 5.83. The molecule has 5 nitrogen and oxygen atoms in total. The number of anilines is 1. The second kappa shape index (κ2) is 7.73. The van der Waals surface area contributed by atoms with Crippen molar-refractivity contribution < 1.29 is 14.3 Å². The third kappa shape index (κ3) is 4.19. The van der Waals surface area contributed by atoms with Crippen molar-refractivity contribution in [3.05, 3.63) is 53.6 Å². The van der Waals surface area contributed by atoms with E-state index in [1.165, 1.54) is 0 Å². The van der Waals surface area contributed by atoms with Crippen molar-refractivity contribution in [2.45, 2.75) is 32.9 Å². The molecule has 0 radical (unpaired) electrons. The van der Waals surface area contributed by atoms with Crippen LogP contribution in [0.2, 0.25) is 0 Å². The zero-order valence-electron chi connectivity index (χ0n) is 14.5. The highest BCUT2D eigenvalue weighted by molar-refractivity contribution is 5.99. The molecule has 1 atom stereocenters. The highest BCUT2D eigenvalue weighted by atomic mass is 16.5. The Kier molecular flexibility index (Phi) is 5.68. The van der Waals surface area contributed by atoms with E-state index in [-0.39, 0.29) is 18.1 Å². The quantitative estimate of drug-likeness (QED) is 0.795. The van der Waals surface area contributed by atoms with E-state index in [4.69, 9.17) is 15.2 Å². The summed E-state index contributed by atoms with van der Waals surface area (Å²) in [7, 11) is 1.60. The van der Waals surface area contributed by atoms with Crippen LogP contribution in [0.4, 0.5) is 5.69 Å². The Hall–Kier alpha value is -2.69. The molecule has 0 heterocycles. The number of carbonyl (C=O) groups is 1. The number of methoxy groups -OCH3 is 1. The van der Waals surface area contributed by atoms with Crippen LogP contribution in [0.15, 0.2) is 42.5 Å². The van der Waals surface area contributed by atoms with Gasteiger partial charge in [0.05, 0.1) is 24.8 Å². The maximum atomic E-state index is 12.4. The highest BCUT2D eigenvalue weighted by Gasteiger charge is 2.15. The summed E-state index contributed by atoms with van der Waals surface area (Å²) in [6.07, 6.45) is 0.0583. The second-order valence-electron chi connectivity index (χ2n) is 5.86. The Morgan fingerprint density at radius 1 is 1.08 bits per heavy atom. The minimum absolute atomic E-state index is 0.0583. The van der Waals surface area contributed by atoms with Crippen LogP contribution in [0.3, 0.4) is 0 Å². The van der Waals surface area contributed by atoms with Crippen LogP contribution >= 0.6 is 0 Å². The third-order valence-electron chi connectivity index (χ3n) is 3.60. The summed E-state index contributed by atoms with van der Waals surface area (Å²) >= 11 is 0. The Morgan fingerprint density at radius 2 is 1.79 bits per heavy atom. The SMILES string of the molecule is COc1cc(C(C)NC(=O)c2ccccc2N)ccc1OC(C)C. The maximum Gasteiger partial charge on any atom is 0.253 e. The maximum absolute atomic E-state index is 12.4. The fourth-order valence-electron chi connectivity index (χ4n) is 2.37. The van der Waals surface area contributed by atoms with E-state index in [0.29, 0.717) is 22.7 Å². The summed E-state index contributed by atoms with van der Waals surface area (Å²) < 4.78 is 11.1. The van der Waals surface area contributed by atoms with Crippen LogP contribution in [-0.2, 0) is 0 Å². The number of benzene rings is 2. The summed E-state index contributed by atoms with van der Waals surface area (Å²) in [5.41, 5.74) is 7.70. The lowest BCUT2D eigenvalue weighted by Gasteiger charge is -2.18. The van der Waals surface area contributed by atoms with Crippen LogP contribution in [0.25, 0.3) is 0 Å². The number of nitrogen functional groups attached to an aromatic ring is 1. The topological polar surface area (TPSA) is 73.6 Å². The van der Waals surface area contributed by atoms with Crippen molar-refractivity contribution in [1.82, 2.24) is 5.32 Å². The molecule has 0 spiro atoms. The summed E-state index contributed by atoms with van der Waals surface area (Å²) in [5, 5.41) is 2.95. The first kappa shape index (κ1) is 17.7. The lowest BCUT2D eigenvalue weighted by Crippen LogP contribution is -2.27. The molecular formula is C19H24N2O3. The fourth-order valence-corrected chi connectivity index (χ4v) is 2.37. The van der Waals surface area contributed by atoms with Crippen LogP contribution < -0.4 is 20.5 Å². The molecule has 1 unspecified atom stereocenters. The van der Waals surface area contributed by atoms with Gasteiger partial charge in [-0.05, 0) is 50.6 Å². The first-order valence-corrected chi connectivity index (χ1v) is 7.92.